The summed E-state index contributed by atoms with van der Waals surface area (Å²) in [6.45, 7) is 11.2. The molecule has 1 saturated heterocycles. The minimum absolute atomic E-state index is 0.124. The number of aliphatic hydroxyl groups excluding tert-OH is 1. The van der Waals surface area contributed by atoms with Crippen molar-refractivity contribution in [2.24, 2.45) is 0 Å². The molecule has 2 bridgehead atoms. The van der Waals surface area contributed by atoms with E-state index in [1.807, 2.05) is 12.2 Å². The van der Waals surface area contributed by atoms with Gasteiger partial charge in [-0.25, -0.2) is 0 Å². The van der Waals surface area contributed by atoms with Crippen molar-refractivity contribution in [3.8, 4) is 0 Å². The Kier molecular flexibility index (Phi) is 3.78. The molecule has 2 atom stereocenters. The van der Waals surface area contributed by atoms with Crippen molar-refractivity contribution >= 4 is 14.1 Å². The van der Waals surface area contributed by atoms with E-state index >= 15 is 0 Å². The summed E-state index contributed by atoms with van der Waals surface area (Å²) in [5.41, 5.74) is -1.49. The van der Waals surface area contributed by atoms with E-state index in [4.69, 9.17) is 9.16 Å². The standard InChI is InChI=1S/C15H26O4Si/c1-13(2,3)20(4,5)18-11-15-7-6-14(10-16,19-15)8-12(17)9-15/h6-7,16H,8-11H2,1-5H3/t14-,15+/m1/s1. The van der Waals surface area contributed by atoms with Crippen molar-refractivity contribution in [2.75, 3.05) is 13.2 Å². The van der Waals surface area contributed by atoms with Gasteiger partial charge >= 0.3 is 0 Å². The molecule has 5 heteroatoms. The van der Waals surface area contributed by atoms with Crippen LogP contribution in [-0.2, 0) is 14.0 Å². The highest BCUT2D eigenvalue weighted by Gasteiger charge is 2.52. The molecule has 4 nitrogen and oxygen atoms in total. The first-order valence-corrected chi connectivity index (χ1v) is 10.1. The average molecular weight is 298 g/mol. The topological polar surface area (TPSA) is 55.8 Å². The van der Waals surface area contributed by atoms with Crippen LogP contribution in [0.2, 0.25) is 18.1 Å². The van der Waals surface area contributed by atoms with Crippen LogP contribution in [0, 0.1) is 0 Å². The lowest BCUT2D eigenvalue weighted by Gasteiger charge is -2.42. The van der Waals surface area contributed by atoms with Crippen LogP contribution < -0.4 is 0 Å². The number of ether oxygens (including phenoxy) is 1. The third-order valence-corrected chi connectivity index (χ3v) is 9.32. The van der Waals surface area contributed by atoms with Crippen LogP contribution in [0.1, 0.15) is 33.6 Å². The van der Waals surface area contributed by atoms with Crippen molar-refractivity contribution < 1.29 is 19.1 Å². The summed E-state index contributed by atoms with van der Waals surface area (Å²) >= 11 is 0. The number of Topliss-reactive ketones (excluding diaryl/α,β-unsaturated/α-hetero) is 1. The Morgan fingerprint density at radius 3 is 2.40 bits per heavy atom. The van der Waals surface area contributed by atoms with Gasteiger partial charge in [0.2, 0.25) is 0 Å². The zero-order chi connectivity index (χ0) is 15.2. The normalized spacial score (nSPS) is 33.8. The van der Waals surface area contributed by atoms with Crippen molar-refractivity contribution in [1.82, 2.24) is 0 Å². The van der Waals surface area contributed by atoms with Crippen LogP contribution in [-0.4, -0.2) is 43.6 Å². The van der Waals surface area contributed by atoms with Crippen LogP contribution in [0.5, 0.6) is 0 Å². The molecule has 0 radical (unpaired) electrons. The predicted molar refractivity (Wildman–Crippen MR) is 80.2 cm³/mol. The average Bonchev–Trinajstić information content (AvgIpc) is 2.59. The minimum Gasteiger partial charge on any atom is -0.414 e. The van der Waals surface area contributed by atoms with E-state index in [0.29, 0.717) is 13.0 Å². The molecule has 2 aliphatic heterocycles. The lowest BCUT2D eigenvalue weighted by atomic mass is 9.91. The maximum absolute atomic E-state index is 11.9. The fraction of sp³-hybridized carbons (Fsp3) is 0.800. The Morgan fingerprint density at radius 1 is 1.30 bits per heavy atom. The van der Waals surface area contributed by atoms with Gasteiger partial charge in [0.25, 0.3) is 0 Å². The van der Waals surface area contributed by atoms with E-state index in [2.05, 4.69) is 33.9 Å². The largest absolute Gasteiger partial charge is 0.414 e. The van der Waals surface area contributed by atoms with Crippen molar-refractivity contribution in [3.05, 3.63) is 12.2 Å². The highest BCUT2D eigenvalue weighted by Crippen LogP contribution is 2.43. The molecule has 20 heavy (non-hydrogen) atoms. The summed E-state index contributed by atoms with van der Waals surface area (Å²) in [6, 6.07) is 0. The number of rotatable bonds is 4. The first kappa shape index (κ1) is 15.9. The number of ketones is 1. The van der Waals surface area contributed by atoms with Gasteiger partial charge in [0.05, 0.1) is 13.2 Å². The van der Waals surface area contributed by atoms with Crippen LogP contribution in [0.4, 0.5) is 0 Å². The SMILES string of the molecule is CC(C)(C)[Si](C)(C)OC[C@]12C=C[C@](CO)(CC(=O)C1)O2. The van der Waals surface area contributed by atoms with Crippen LogP contribution >= 0.6 is 0 Å². The summed E-state index contributed by atoms with van der Waals surface area (Å²) < 4.78 is 12.2. The van der Waals surface area contributed by atoms with Gasteiger partial charge < -0.3 is 14.3 Å². The monoisotopic (exact) mass is 298 g/mol. The number of carbonyl (C=O) groups is 1. The smallest absolute Gasteiger partial charge is 0.192 e. The Hall–Kier alpha value is -0.493. The summed E-state index contributed by atoms with van der Waals surface area (Å²) in [5, 5.41) is 9.62. The third kappa shape index (κ3) is 2.77. The van der Waals surface area contributed by atoms with Gasteiger partial charge in [-0.15, -0.1) is 0 Å². The van der Waals surface area contributed by atoms with E-state index < -0.39 is 19.5 Å². The van der Waals surface area contributed by atoms with Gasteiger partial charge in [0.1, 0.15) is 17.0 Å². The van der Waals surface area contributed by atoms with Crippen molar-refractivity contribution in [3.63, 3.8) is 0 Å². The van der Waals surface area contributed by atoms with E-state index in [0.717, 1.165) is 0 Å². The highest BCUT2D eigenvalue weighted by molar-refractivity contribution is 6.74. The van der Waals surface area contributed by atoms with Crippen molar-refractivity contribution in [1.29, 1.82) is 0 Å². The molecule has 0 spiro atoms. The van der Waals surface area contributed by atoms with Gasteiger partial charge in [0, 0.05) is 12.8 Å². The molecular formula is C15H26O4Si. The second-order valence-corrected chi connectivity index (χ2v) is 12.5. The van der Waals surface area contributed by atoms with Crippen molar-refractivity contribution in [2.45, 2.75) is 62.9 Å². The third-order valence-electron chi connectivity index (χ3n) is 4.84. The molecule has 0 saturated carbocycles. The van der Waals surface area contributed by atoms with E-state index in [1.165, 1.54) is 0 Å². The first-order chi connectivity index (χ1) is 9.03. The Labute approximate surface area is 122 Å². The number of hydrogen-bond donors (Lipinski definition) is 1. The molecule has 0 amide bonds. The lowest BCUT2D eigenvalue weighted by Crippen LogP contribution is -2.52. The second kappa shape index (κ2) is 4.76. The highest BCUT2D eigenvalue weighted by atomic mass is 28.4. The molecule has 0 aromatic carbocycles. The summed E-state index contributed by atoms with van der Waals surface area (Å²) in [5.74, 6) is 0.133. The Morgan fingerprint density at radius 2 is 1.85 bits per heavy atom. The maximum Gasteiger partial charge on any atom is 0.192 e. The molecule has 114 valence electrons. The number of fused-ring (bicyclic) bond motifs is 2. The summed E-state index contributed by atoms with van der Waals surface area (Å²) in [7, 11) is -1.88. The zero-order valence-electron chi connectivity index (χ0n) is 13.2. The lowest BCUT2D eigenvalue weighted by molar-refractivity contribution is -0.169. The molecule has 0 aliphatic carbocycles. The van der Waals surface area contributed by atoms with Gasteiger partial charge in [-0.05, 0) is 18.1 Å². The van der Waals surface area contributed by atoms with Gasteiger partial charge in [-0.2, -0.15) is 0 Å². The molecular weight excluding hydrogens is 272 g/mol. The maximum atomic E-state index is 11.9. The van der Waals surface area contributed by atoms with Crippen LogP contribution in [0.15, 0.2) is 12.2 Å². The Bertz CT molecular complexity index is 438. The van der Waals surface area contributed by atoms with Crippen LogP contribution in [0.25, 0.3) is 0 Å². The summed E-state index contributed by atoms with van der Waals surface area (Å²) in [4.78, 5) is 11.9. The van der Waals surface area contributed by atoms with Crippen LogP contribution in [0.3, 0.4) is 0 Å². The minimum atomic E-state index is -1.88. The zero-order valence-corrected chi connectivity index (χ0v) is 14.2. The molecule has 0 aromatic heterocycles. The molecule has 2 aliphatic rings. The quantitative estimate of drug-likeness (QED) is 0.640. The number of aliphatic hydroxyl groups is 1. The molecule has 2 rings (SSSR count). The van der Waals surface area contributed by atoms with Gasteiger partial charge in [0.15, 0.2) is 8.32 Å². The van der Waals surface area contributed by atoms with Gasteiger partial charge in [-0.3, -0.25) is 4.79 Å². The molecule has 2 heterocycles. The molecule has 1 fully saturated rings. The summed E-state index contributed by atoms with van der Waals surface area (Å²) in [6.07, 6.45) is 4.37. The van der Waals surface area contributed by atoms with E-state index in [-0.39, 0.29) is 23.8 Å². The predicted octanol–water partition coefficient (Wildman–Crippen LogP) is 2.43. The molecule has 1 N–H and O–H groups in total. The van der Waals surface area contributed by atoms with E-state index in [1.54, 1.807) is 0 Å². The second-order valence-electron chi connectivity index (χ2n) is 7.66. The Balaban J connectivity index is 2.10. The first-order valence-electron chi connectivity index (χ1n) is 7.20. The molecule has 0 aromatic rings. The number of hydrogen-bond acceptors (Lipinski definition) is 4. The number of carbonyl (C=O) groups excluding carboxylic acids is 1. The molecule has 0 unspecified atom stereocenters. The van der Waals surface area contributed by atoms with Gasteiger partial charge in [-0.1, -0.05) is 32.9 Å². The fourth-order valence-corrected chi connectivity index (χ4v) is 3.52. The fourth-order valence-electron chi connectivity index (χ4n) is 2.49. The van der Waals surface area contributed by atoms with E-state index in [9.17, 15) is 9.90 Å².